The van der Waals surface area contributed by atoms with Crippen LogP contribution in [-0.4, -0.2) is 21.4 Å². The average molecular weight is 436 g/mol. The van der Waals surface area contributed by atoms with Crippen LogP contribution in [0.15, 0.2) is 53.5 Å². The van der Waals surface area contributed by atoms with E-state index in [2.05, 4.69) is 15.8 Å². The van der Waals surface area contributed by atoms with Crippen LogP contribution in [0, 0.1) is 6.92 Å². The SMILES string of the molecule is Cc1nc(-c2ccccc2)sc1C(=O)NNC(=O)Cn1cc(C(F)(F)F)ccc1=O. The number of hydrogen-bond acceptors (Lipinski definition) is 5. The highest BCUT2D eigenvalue weighted by Crippen LogP contribution is 2.28. The Bertz CT molecular complexity index is 1140. The summed E-state index contributed by atoms with van der Waals surface area (Å²) in [6.07, 6.45) is -4.11. The molecule has 3 rings (SSSR count). The summed E-state index contributed by atoms with van der Waals surface area (Å²) in [5.41, 5.74) is 3.72. The molecule has 0 saturated carbocycles. The van der Waals surface area contributed by atoms with Gasteiger partial charge in [-0.25, -0.2) is 4.98 Å². The first-order chi connectivity index (χ1) is 14.1. The van der Waals surface area contributed by atoms with Crippen LogP contribution < -0.4 is 16.4 Å². The van der Waals surface area contributed by atoms with E-state index in [1.807, 2.05) is 30.3 Å². The van der Waals surface area contributed by atoms with E-state index >= 15 is 0 Å². The van der Waals surface area contributed by atoms with Crippen molar-refractivity contribution in [1.82, 2.24) is 20.4 Å². The molecule has 0 atom stereocenters. The molecule has 0 aliphatic carbocycles. The third-order valence-electron chi connectivity index (χ3n) is 3.96. The van der Waals surface area contributed by atoms with Gasteiger partial charge in [0.15, 0.2) is 0 Å². The van der Waals surface area contributed by atoms with Crippen molar-refractivity contribution in [3.8, 4) is 10.6 Å². The molecule has 0 radical (unpaired) electrons. The van der Waals surface area contributed by atoms with Gasteiger partial charge in [-0.05, 0) is 13.0 Å². The van der Waals surface area contributed by atoms with Crippen molar-refractivity contribution < 1.29 is 22.8 Å². The Kier molecular flexibility index (Phi) is 6.01. The molecule has 0 fully saturated rings. The fourth-order valence-electron chi connectivity index (χ4n) is 2.51. The molecule has 7 nitrogen and oxygen atoms in total. The van der Waals surface area contributed by atoms with Gasteiger partial charge in [-0.1, -0.05) is 30.3 Å². The minimum Gasteiger partial charge on any atom is -0.305 e. The van der Waals surface area contributed by atoms with E-state index in [1.165, 1.54) is 0 Å². The maximum Gasteiger partial charge on any atom is 0.417 e. The highest BCUT2D eigenvalue weighted by molar-refractivity contribution is 7.17. The van der Waals surface area contributed by atoms with Crippen LogP contribution in [-0.2, 0) is 17.5 Å². The highest BCUT2D eigenvalue weighted by atomic mass is 32.1. The molecule has 30 heavy (non-hydrogen) atoms. The number of alkyl halides is 3. The number of carbonyl (C=O) groups is 2. The van der Waals surface area contributed by atoms with Crippen LogP contribution >= 0.6 is 11.3 Å². The number of pyridine rings is 1. The van der Waals surface area contributed by atoms with Crippen molar-refractivity contribution >= 4 is 23.2 Å². The van der Waals surface area contributed by atoms with Crippen molar-refractivity contribution in [2.24, 2.45) is 0 Å². The van der Waals surface area contributed by atoms with Crippen molar-refractivity contribution in [2.45, 2.75) is 19.6 Å². The largest absolute Gasteiger partial charge is 0.417 e. The first-order valence-electron chi connectivity index (χ1n) is 8.55. The molecule has 0 unspecified atom stereocenters. The summed E-state index contributed by atoms with van der Waals surface area (Å²) in [6, 6.07) is 10.6. The van der Waals surface area contributed by atoms with E-state index < -0.39 is 35.7 Å². The van der Waals surface area contributed by atoms with Gasteiger partial charge in [0.05, 0.1) is 11.3 Å². The standard InChI is InChI=1S/C19H15F3N4O3S/c1-11-16(30-18(23-11)12-5-3-2-4-6-12)17(29)25-24-14(27)10-26-9-13(19(20,21)22)7-8-15(26)28/h2-9H,10H2,1H3,(H,24,27)(H,25,29). The Balaban J connectivity index is 1.65. The van der Waals surface area contributed by atoms with E-state index in [1.54, 1.807) is 6.92 Å². The Hall–Kier alpha value is -3.47. The third-order valence-corrected chi connectivity index (χ3v) is 5.17. The molecule has 2 N–H and O–H groups in total. The van der Waals surface area contributed by atoms with Gasteiger partial charge >= 0.3 is 6.18 Å². The normalized spacial score (nSPS) is 11.2. The lowest BCUT2D eigenvalue weighted by atomic mass is 10.2. The van der Waals surface area contributed by atoms with Gasteiger partial charge in [-0.2, -0.15) is 13.2 Å². The van der Waals surface area contributed by atoms with Gasteiger partial charge in [0.2, 0.25) is 0 Å². The monoisotopic (exact) mass is 436 g/mol. The number of hydrogen-bond donors (Lipinski definition) is 2. The lowest BCUT2D eigenvalue weighted by Gasteiger charge is -2.11. The summed E-state index contributed by atoms with van der Waals surface area (Å²) < 4.78 is 38.9. The molecular weight excluding hydrogens is 421 g/mol. The molecule has 0 bridgehead atoms. The van der Waals surface area contributed by atoms with Crippen molar-refractivity contribution in [3.63, 3.8) is 0 Å². The average Bonchev–Trinajstić information content (AvgIpc) is 3.09. The smallest absolute Gasteiger partial charge is 0.305 e. The third kappa shape index (κ3) is 4.92. The second-order valence-corrected chi connectivity index (χ2v) is 7.18. The van der Waals surface area contributed by atoms with Gasteiger partial charge in [-0.3, -0.25) is 25.2 Å². The van der Waals surface area contributed by atoms with E-state index in [0.717, 1.165) is 23.0 Å². The number of aryl methyl sites for hydroxylation is 1. The number of carbonyl (C=O) groups excluding carboxylic acids is 2. The zero-order chi connectivity index (χ0) is 21.9. The Morgan fingerprint density at radius 1 is 1.10 bits per heavy atom. The molecule has 2 aromatic heterocycles. The fraction of sp³-hybridized carbons (Fsp3) is 0.158. The van der Waals surface area contributed by atoms with Gasteiger partial charge < -0.3 is 4.57 Å². The molecular formula is C19H15F3N4O3S. The van der Waals surface area contributed by atoms with Crippen LogP contribution in [0.25, 0.3) is 10.6 Å². The minimum absolute atomic E-state index is 0.269. The van der Waals surface area contributed by atoms with Crippen molar-refractivity contribution in [3.05, 3.63) is 75.1 Å². The number of amides is 2. The molecule has 2 heterocycles. The highest BCUT2D eigenvalue weighted by Gasteiger charge is 2.31. The zero-order valence-corrected chi connectivity index (χ0v) is 16.3. The fourth-order valence-corrected chi connectivity index (χ4v) is 3.48. The summed E-state index contributed by atoms with van der Waals surface area (Å²) in [5, 5.41) is 0.625. The predicted molar refractivity (Wildman–Crippen MR) is 104 cm³/mol. The van der Waals surface area contributed by atoms with Crippen LogP contribution in [0.2, 0.25) is 0 Å². The quantitative estimate of drug-likeness (QED) is 0.615. The molecule has 1 aromatic carbocycles. The lowest BCUT2D eigenvalue weighted by Crippen LogP contribution is -2.44. The van der Waals surface area contributed by atoms with E-state index in [0.29, 0.717) is 27.5 Å². The molecule has 0 saturated heterocycles. The molecule has 0 spiro atoms. The van der Waals surface area contributed by atoms with Crippen LogP contribution in [0.3, 0.4) is 0 Å². The first kappa shape index (κ1) is 21.2. The van der Waals surface area contributed by atoms with Gasteiger partial charge in [-0.15, -0.1) is 11.3 Å². The molecule has 11 heteroatoms. The van der Waals surface area contributed by atoms with Gasteiger partial charge in [0.1, 0.15) is 16.4 Å². The number of halogens is 3. The summed E-state index contributed by atoms with van der Waals surface area (Å²) in [7, 11) is 0. The number of nitrogens with zero attached hydrogens (tertiary/aromatic N) is 2. The minimum atomic E-state index is -4.65. The number of aromatic nitrogens is 2. The number of hydrazine groups is 1. The topological polar surface area (TPSA) is 93.1 Å². The number of nitrogens with one attached hydrogen (secondary N) is 2. The van der Waals surface area contributed by atoms with Crippen molar-refractivity contribution in [2.75, 3.05) is 0 Å². The lowest BCUT2D eigenvalue weighted by molar-refractivity contribution is -0.138. The van der Waals surface area contributed by atoms with Gasteiger partial charge in [0.25, 0.3) is 17.4 Å². The molecule has 0 aliphatic rings. The maximum atomic E-state index is 12.8. The zero-order valence-electron chi connectivity index (χ0n) is 15.5. The van der Waals surface area contributed by atoms with Crippen molar-refractivity contribution in [1.29, 1.82) is 0 Å². The van der Waals surface area contributed by atoms with Crippen LogP contribution in [0.4, 0.5) is 13.2 Å². The summed E-state index contributed by atoms with van der Waals surface area (Å²) in [4.78, 5) is 40.6. The molecule has 0 aliphatic heterocycles. The maximum absolute atomic E-state index is 12.8. The Morgan fingerprint density at radius 2 is 1.80 bits per heavy atom. The van der Waals surface area contributed by atoms with Crippen LogP contribution in [0.5, 0.6) is 0 Å². The van der Waals surface area contributed by atoms with E-state index in [-0.39, 0.29) is 4.88 Å². The number of benzene rings is 1. The second kappa shape index (κ2) is 8.49. The van der Waals surface area contributed by atoms with E-state index in [4.69, 9.17) is 0 Å². The number of thiazole rings is 1. The number of rotatable bonds is 4. The summed E-state index contributed by atoms with van der Waals surface area (Å²) in [6.45, 7) is 0.946. The van der Waals surface area contributed by atoms with E-state index in [9.17, 15) is 27.6 Å². The second-order valence-electron chi connectivity index (χ2n) is 6.18. The molecule has 3 aromatic rings. The first-order valence-corrected chi connectivity index (χ1v) is 9.36. The van der Waals surface area contributed by atoms with Gasteiger partial charge in [0, 0.05) is 17.8 Å². The predicted octanol–water partition coefficient (Wildman–Crippen LogP) is 2.76. The molecule has 156 valence electrons. The summed E-state index contributed by atoms with van der Waals surface area (Å²) >= 11 is 1.13. The van der Waals surface area contributed by atoms with Crippen LogP contribution in [0.1, 0.15) is 20.9 Å². The summed E-state index contributed by atoms with van der Waals surface area (Å²) in [5.74, 6) is -1.49. The Morgan fingerprint density at radius 3 is 2.47 bits per heavy atom. The molecule has 2 amide bonds. The Labute approximate surface area is 172 Å².